The second kappa shape index (κ2) is 13.3. The standard InChI is InChI=1S/C23H30N2O2S.C2H6/c1-3-27-22(26)16-6-4-5-11-17-24-23-18-12-7-9-14-20(18)25(2)28-21-15-10-8-13-19(21)23;1-2/h7-10,12-15,23-24H,3-6,11,16-17H2,1-2H3;1-2H3. The number of nitrogens with zero attached hydrogens (tertiary/aromatic N) is 1. The fourth-order valence-electron chi connectivity index (χ4n) is 3.63. The molecule has 1 heterocycles. The summed E-state index contributed by atoms with van der Waals surface area (Å²) < 4.78 is 7.23. The van der Waals surface area contributed by atoms with Gasteiger partial charge in [-0.25, -0.2) is 0 Å². The van der Waals surface area contributed by atoms with E-state index in [2.05, 4.69) is 65.2 Å². The van der Waals surface area contributed by atoms with Crippen LogP contribution in [-0.4, -0.2) is 26.2 Å². The Labute approximate surface area is 186 Å². The molecule has 164 valence electrons. The molecular weight excluding hydrogens is 392 g/mol. The SMILES string of the molecule is CC.CCOC(=O)CCCCCCNC1c2ccccc2SN(C)c2ccccc21. The third-order valence-electron chi connectivity index (χ3n) is 5.01. The van der Waals surface area contributed by atoms with E-state index < -0.39 is 0 Å². The van der Waals surface area contributed by atoms with E-state index in [0.29, 0.717) is 13.0 Å². The molecule has 2 aromatic rings. The van der Waals surface area contributed by atoms with Gasteiger partial charge in [0.2, 0.25) is 0 Å². The summed E-state index contributed by atoms with van der Waals surface area (Å²) >= 11 is 1.79. The molecule has 1 N–H and O–H groups in total. The Kier molecular flexibility index (Phi) is 10.8. The molecule has 0 aromatic heterocycles. The zero-order valence-corrected chi connectivity index (χ0v) is 19.6. The number of carbonyl (C=O) groups is 1. The second-order valence-electron chi connectivity index (χ2n) is 7.04. The summed E-state index contributed by atoms with van der Waals surface area (Å²) in [5.41, 5.74) is 3.92. The lowest BCUT2D eigenvalue weighted by atomic mass is 9.96. The molecule has 5 heteroatoms. The third-order valence-corrected chi connectivity index (χ3v) is 6.05. The highest BCUT2D eigenvalue weighted by molar-refractivity contribution is 8.00. The summed E-state index contributed by atoms with van der Waals surface area (Å²) in [6.45, 7) is 7.28. The Bertz CT molecular complexity index is 781. The minimum absolute atomic E-state index is 0.0751. The fraction of sp³-hybridized carbons (Fsp3) is 0.480. The van der Waals surface area contributed by atoms with E-state index in [0.717, 1.165) is 32.2 Å². The van der Waals surface area contributed by atoms with Crippen LogP contribution in [0.4, 0.5) is 5.69 Å². The molecule has 0 fully saturated rings. The van der Waals surface area contributed by atoms with Gasteiger partial charge in [-0.2, -0.15) is 0 Å². The van der Waals surface area contributed by atoms with Gasteiger partial charge in [0.05, 0.1) is 18.3 Å². The van der Waals surface area contributed by atoms with Crippen molar-refractivity contribution in [2.75, 3.05) is 24.5 Å². The third kappa shape index (κ3) is 6.78. The van der Waals surface area contributed by atoms with E-state index in [-0.39, 0.29) is 12.0 Å². The number of hydrogen-bond donors (Lipinski definition) is 1. The van der Waals surface area contributed by atoms with Gasteiger partial charge in [-0.3, -0.25) is 4.79 Å². The van der Waals surface area contributed by atoms with E-state index in [4.69, 9.17) is 4.74 Å². The predicted octanol–water partition coefficient (Wildman–Crippen LogP) is 6.36. The van der Waals surface area contributed by atoms with Gasteiger partial charge in [-0.05, 0) is 61.5 Å². The first-order valence-electron chi connectivity index (χ1n) is 11.2. The van der Waals surface area contributed by atoms with Crippen LogP contribution in [0.1, 0.15) is 70.0 Å². The van der Waals surface area contributed by atoms with Crippen LogP contribution in [-0.2, 0) is 9.53 Å². The van der Waals surface area contributed by atoms with Gasteiger partial charge in [0, 0.05) is 18.4 Å². The van der Waals surface area contributed by atoms with Crippen molar-refractivity contribution in [2.45, 2.75) is 63.8 Å². The zero-order chi connectivity index (χ0) is 21.8. The van der Waals surface area contributed by atoms with E-state index in [1.165, 1.54) is 21.7 Å². The van der Waals surface area contributed by atoms with Gasteiger partial charge >= 0.3 is 5.97 Å². The van der Waals surface area contributed by atoms with Crippen molar-refractivity contribution in [1.29, 1.82) is 0 Å². The number of rotatable bonds is 9. The van der Waals surface area contributed by atoms with Gasteiger partial charge in [0.1, 0.15) is 0 Å². The molecule has 1 aliphatic heterocycles. The molecule has 1 atom stereocenters. The lowest BCUT2D eigenvalue weighted by Crippen LogP contribution is -2.24. The molecular formula is C25H36N2O2S. The van der Waals surface area contributed by atoms with Crippen LogP contribution in [0.15, 0.2) is 53.4 Å². The molecule has 0 bridgehead atoms. The highest BCUT2D eigenvalue weighted by Gasteiger charge is 2.25. The first kappa shape index (κ1) is 24.3. The summed E-state index contributed by atoms with van der Waals surface area (Å²) in [5, 5.41) is 3.78. The summed E-state index contributed by atoms with van der Waals surface area (Å²) in [7, 11) is 2.13. The number of ether oxygens (including phenoxy) is 1. The minimum atomic E-state index is -0.0751. The van der Waals surface area contributed by atoms with Crippen molar-refractivity contribution >= 4 is 23.6 Å². The van der Waals surface area contributed by atoms with Crippen LogP contribution in [0.3, 0.4) is 0 Å². The Morgan fingerprint density at radius 2 is 1.67 bits per heavy atom. The summed E-state index contributed by atoms with van der Waals surface area (Å²) in [5.74, 6) is -0.0751. The van der Waals surface area contributed by atoms with Crippen LogP contribution >= 0.6 is 11.9 Å². The number of hydrogen-bond acceptors (Lipinski definition) is 5. The Morgan fingerprint density at radius 3 is 2.43 bits per heavy atom. The van der Waals surface area contributed by atoms with Crippen molar-refractivity contribution in [3.05, 3.63) is 59.7 Å². The van der Waals surface area contributed by atoms with E-state index in [1.807, 2.05) is 20.8 Å². The van der Waals surface area contributed by atoms with Crippen LogP contribution < -0.4 is 9.62 Å². The van der Waals surface area contributed by atoms with Crippen molar-refractivity contribution in [2.24, 2.45) is 0 Å². The average molecular weight is 429 g/mol. The second-order valence-corrected chi connectivity index (χ2v) is 8.21. The Hall–Kier alpha value is -1.98. The smallest absolute Gasteiger partial charge is 0.305 e. The molecule has 2 aromatic carbocycles. The molecule has 30 heavy (non-hydrogen) atoms. The number of benzene rings is 2. The van der Waals surface area contributed by atoms with Crippen molar-refractivity contribution < 1.29 is 9.53 Å². The number of anilines is 1. The average Bonchev–Trinajstić information content (AvgIpc) is 2.89. The zero-order valence-electron chi connectivity index (χ0n) is 18.8. The van der Waals surface area contributed by atoms with Crippen LogP contribution in [0.5, 0.6) is 0 Å². The summed E-state index contributed by atoms with van der Waals surface area (Å²) in [6, 6.07) is 17.5. The molecule has 1 unspecified atom stereocenters. The largest absolute Gasteiger partial charge is 0.466 e. The number of unbranched alkanes of at least 4 members (excludes halogenated alkanes) is 3. The quantitative estimate of drug-likeness (QED) is 0.286. The van der Waals surface area contributed by atoms with Gasteiger partial charge in [-0.1, -0.05) is 63.1 Å². The van der Waals surface area contributed by atoms with Gasteiger partial charge < -0.3 is 14.4 Å². The molecule has 0 radical (unpaired) electrons. The van der Waals surface area contributed by atoms with Gasteiger partial charge in [0.25, 0.3) is 0 Å². The van der Waals surface area contributed by atoms with E-state index in [1.54, 1.807) is 11.9 Å². The molecule has 0 spiro atoms. The van der Waals surface area contributed by atoms with Gasteiger partial charge in [0.15, 0.2) is 0 Å². The number of carbonyl (C=O) groups excluding carboxylic acids is 1. The topological polar surface area (TPSA) is 41.6 Å². The maximum absolute atomic E-state index is 11.4. The van der Waals surface area contributed by atoms with Crippen molar-refractivity contribution in [1.82, 2.24) is 5.32 Å². The normalized spacial score (nSPS) is 14.7. The monoisotopic (exact) mass is 428 g/mol. The maximum atomic E-state index is 11.4. The molecule has 0 saturated carbocycles. The maximum Gasteiger partial charge on any atom is 0.305 e. The Balaban J connectivity index is 0.00000155. The summed E-state index contributed by atoms with van der Waals surface area (Å²) in [6.07, 6.45) is 4.74. The highest BCUT2D eigenvalue weighted by Crippen LogP contribution is 2.42. The molecule has 4 nitrogen and oxygen atoms in total. The first-order chi connectivity index (χ1) is 14.7. The van der Waals surface area contributed by atoms with Crippen molar-refractivity contribution in [3.63, 3.8) is 0 Å². The minimum Gasteiger partial charge on any atom is -0.466 e. The predicted molar refractivity (Wildman–Crippen MR) is 128 cm³/mol. The number of fused-ring (bicyclic) bond motifs is 2. The molecule has 1 aliphatic rings. The fourth-order valence-corrected chi connectivity index (χ4v) is 4.62. The van der Waals surface area contributed by atoms with E-state index in [9.17, 15) is 4.79 Å². The number of para-hydroxylation sites is 1. The first-order valence-corrected chi connectivity index (χ1v) is 12.0. The lowest BCUT2D eigenvalue weighted by Gasteiger charge is -2.22. The molecule has 0 aliphatic carbocycles. The lowest BCUT2D eigenvalue weighted by molar-refractivity contribution is -0.143. The van der Waals surface area contributed by atoms with Gasteiger partial charge in [-0.15, -0.1) is 0 Å². The van der Waals surface area contributed by atoms with Crippen LogP contribution in [0.2, 0.25) is 0 Å². The van der Waals surface area contributed by atoms with Crippen LogP contribution in [0.25, 0.3) is 0 Å². The van der Waals surface area contributed by atoms with Crippen LogP contribution in [0, 0.1) is 0 Å². The molecule has 0 saturated heterocycles. The summed E-state index contributed by atoms with van der Waals surface area (Å²) in [4.78, 5) is 12.7. The van der Waals surface area contributed by atoms with E-state index >= 15 is 0 Å². The molecule has 0 amide bonds. The number of esters is 1. The number of nitrogens with one attached hydrogen (secondary N) is 1. The highest BCUT2D eigenvalue weighted by atomic mass is 32.2. The van der Waals surface area contributed by atoms with Crippen molar-refractivity contribution in [3.8, 4) is 0 Å². The Morgan fingerprint density at radius 1 is 1.00 bits per heavy atom. The molecule has 3 rings (SSSR count).